The molecule has 144 valence electrons. The minimum atomic E-state index is -3.73. The quantitative estimate of drug-likeness (QED) is 0.759. The molecule has 0 bridgehead atoms. The summed E-state index contributed by atoms with van der Waals surface area (Å²) in [6, 6.07) is 11.9. The number of methoxy groups -OCH3 is 1. The van der Waals surface area contributed by atoms with Gasteiger partial charge >= 0.3 is 5.97 Å². The van der Waals surface area contributed by atoms with Gasteiger partial charge in [-0.25, -0.2) is 13.2 Å². The van der Waals surface area contributed by atoms with E-state index in [2.05, 4.69) is 4.72 Å². The number of anilines is 1. The van der Waals surface area contributed by atoms with Crippen LogP contribution >= 0.6 is 0 Å². The van der Waals surface area contributed by atoms with Gasteiger partial charge in [0, 0.05) is 0 Å². The first-order chi connectivity index (χ1) is 12.9. The van der Waals surface area contributed by atoms with Crippen molar-refractivity contribution in [3.63, 3.8) is 0 Å². The van der Waals surface area contributed by atoms with Crippen molar-refractivity contribution < 1.29 is 17.9 Å². The number of sulfonamides is 1. The summed E-state index contributed by atoms with van der Waals surface area (Å²) in [6.07, 6.45) is 6.11. The Morgan fingerprint density at radius 3 is 2.33 bits per heavy atom. The average molecular weight is 388 g/mol. The first-order valence-corrected chi connectivity index (χ1v) is 10.7. The molecule has 5 nitrogen and oxygen atoms in total. The molecule has 0 unspecified atom stereocenters. The lowest BCUT2D eigenvalue weighted by atomic mass is 9.84. The molecule has 0 atom stereocenters. The minimum Gasteiger partial charge on any atom is -0.465 e. The van der Waals surface area contributed by atoms with E-state index in [9.17, 15) is 13.2 Å². The van der Waals surface area contributed by atoms with Crippen LogP contribution in [0.5, 0.6) is 0 Å². The molecule has 1 saturated carbocycles. The number of esters is 1. The number of carbonyl (C=O) groups excluding carboxylic acids is 1. The SMILES string of the molecule is COC(=O)c1ccc(C)c(NS(=O)(=O)c2ccc(C3CCCCC3)cc2)c1. The standard InChI is InChI=1S/C21H25NO4S/c1-15-8-9-18(21(23)26-2)14-20(15)22-27(24,25)19-12-10-17(11-13-19)16-6-4-3-5-7-16/h8-14,16,22H,3-7H2,1-2H3. The van der Waals surface area contributed by atoms with Crippen LogP contribution in [-0.2, 0) is 14.8 Å². The van der Waals surface area contributed by atoms with Crippen molar-refractivity contribution in [1.82, 2.24) is 0 Å². The van der Waals surface area contributed by atoms with Crippen molar-refractivity contribution in [2.24, 2.45) is 0 Å². The smallest absolute Gasteiger partial charge is 0.337 e. The summed E-state index contributed by atoms with van der Waals surface area (Å²) in [5, 5.41) is 0. The van der Waals surface area contributed by atoms with Gasteiger partial charge in [0.1, 0.15) is 0 Å². The summed E-state index contributed by atoms with van der Waals surface area (Å²) < 4.78 is 32.8. The van der Waals surface area contributed by atoms with Crippen molar-refractivity contribution in [2.45, 2.75) is 49.8 Å². The van der Waals surface area contributed by atoms with E-state index < -0.39 is 16.0 Å². The van der Waals surface area contributed by atoms with Gasteiger partial charge in [-0.3, -0.25) is 4.72 Å². The van der Waals surface area contributed by atoms with Gasteiger partial charge in [-0.15, -0.1) is 0 Å². The molecular formula is C21H25NO4S. The highest BCUT2D eigenvalue weighted by atomic mass is 32.2. The first-order valence-electron chi connectivity index (χ1n) is 9.22. The van der Waals surface area contributed by atoms with Crippen molar-refractivity contribution >= 4 is 21.7 Å². The summed E-state index contributed by atoms with van der Waals surface area (Å²) in [6.45, 7) is 1.78. The second-order valence-electron chi connectivity index (χ2n) is 7.03. The van der Waals surface area contributed by atoms with Crippen LogP contribution < -0.4 is 4.72 Å². The summed E-state index contributed by atoms with van der Waals surface area (Å²) in [7, 11) is -2.44. The third-order valence-electron chi connectivity index (χ3n) is 5.17. The van der Waals surface area contributed by atoms with E-state index >= 15 is 0 Å². The molecule has 1 aliphatic carbocycles. The monoisotopic (exact) mass is 387 g/mol. The molecule has 1 fully saturated rings. The van der Waals surface area contributed by atoms with Gasteiger partial charge in [-0.05, 0) is 61.1 Å². The summed E-state index contributed by atoms with van der Waals surface area (Å²) >= 11 is 0. The average Bonchev–Trinajstić information content (AvgIpc) is 2.69. The molecule has 2 aromatic rings. The fourth-order valence-electron chi connectivity index (χ4n) is 3.54. The summed E-state index contributed by atoms with van der Waals surface area (Å²) in [5.74, 6) is 0.0229. The Bertz CT molecular complexity index is 914. The van der Waals surface area contributed by atoms with Crippen molar-refractivity contribution in [3.8, 4) is 0 Å². The zero-order chi connectivity index (χ0) is 19.4. The Hall–Kier alpha value is -2.34. The molecule has 2 aromatic carbocycles. The molecule has 0 heterocycles. The second-order valence-corrected chi connectivity index (χ2v) is 8.71. The van der Waals surface area contributed by atoms with Gasteiger partial charge in [-0.2, -0.15) is 0 Å². The maximum absolute atomic E-state index is 12.8. The van der Waals surface area contributed by atoms with Crippen LogP contribution in [0.2, 0.25) is 0 Å². The van der Waals surface area contributed by atoms with Crippen LogP contribution in [0.25, 0.3) is 0 Å². The predicted molar refractivity (Wildman–Crippen MR) is 106 cm³/mol. The highest BCUT2D eigenvalue weighted by Crippen LogP contribution is 2.33. The van der Waals surface area contributed by atoms with E-state index in [0.717, 1.165) is 5.56 Å². The normalized spacial score (nSPS) is 15.3. The number of aryl methyl sites for hydroxylation is 1. The molecule has 3 rings (SSSR count). The molecular weight excluding hydrogens is 362 g/mol. The maximum Gasteiger partial charge on any atom is 0.337 e. The third-order valence-corrected chi connectivity index (χ3v) is 6.55. The van der Waals surface area contributed by atoms with Crippen LogP contribution in [0, 0.1) is 6.92 Å². The van der Waals surface area contributed by atoms with E-state index in [1.165, 1.54) is 50.8 Å². The van der Waals surface area contributed by atoms with Crippen molar-refractivity contribution in [2.75, 3.05) is 11.8 Å². The van der Waals surface area contributed by atoms with Gasteiger partial charge in [0.05, 0.1) is 23.3 Å². The topological polar surface area (TPSA) is 72.5 Å². The number of hydrogen-bond donors (Lipinski definition) is 1. The zero-order valence-corrected chi connectivity index (χ0v) is 16.5. The molecule has 0 amide bonds. The highest BCUT2D eigenvalue weighted by molar-refractivity contribution is 7.92. The Morgan fingerprint density at radius 2 is 1.70 bits per heavy atom. The van der Waals surface area contributed by atoms with Gasteiger partial charge in [-0.1, -0.05) is 37.5 Å². The van der Waals surface area contributed by atoms with E-state index in [1.807, 2.05) is 12.1 Å². The van der Waals surface area contributed by atoms with Crippen LogP contribution in [0.4, 0.5) is 5.69 Å². The molecule has 0 radical (unpaired) electrons. The molecule has 0 aromatic heterocycles. The van der Waals surface area contributed by atoms with Crippen LogP contribution in [0.15, 0.2) is 47.4 Å². The van der Waals surface area contributed by atoms with E-state index in [0.29, 0.717) is 17.2 Å². The van der Waals surface area contributed by atoms with Gasteiger partial charge in [0.15, 0.2) is 0 Å². The molecule has 27 heavy (non-hydrogen) atoms. The van der Waals surface area contributed by atoms with Crippen LogP contribution in [-0.4, -0.2) is 21.5 Å². The summed E-state index contributed by atoms with van der Waals surface area (Å²) in [5.41, 5.74) is 2.60. The molecule has 0 saturated heterocycles. The van der Waals surface area contributed by atoms with Gasteiger partial charge in [0.25, 0.3) is 10.0 Å². The Balaban J connectivity index is 1.81. The predicted octanol–water partition coefficient (Wildman–Crippen LogP) is 4.63. The van der Waals surface area contributed by atoms with Crippen LogP contribution in [0.3, 0.4) is 0 Å². The first kappa shape index (κ1) is 19.4. The Kier molecular flexibility index (Phi) is 5.85. The van der Waals surface area contributed by atoms with Crippen molar-refractivity contribution in [3.05, 3.63) is 59.2 Å². The van der Waals surface area contributed by atoms with Gasteiger partial charge < -0.3 is 4.74 Å². The van der Waals surface area contributed by atoms with Gasteiger partial charge in [0.2, 0.25) is 0 Å². The lowest BCUT2D eigenvalue weighted by Crippen LogP contribution is -2.15. The van der Waals surface area contributed by atoms with E-state index in [1.54, 1.807) is 31.2 Å². The molecule has 0 aliphatic heterocycles. The molecule has 0 spiro atoms. The molecule has 1 aliphatic rings. The second kappa shape index (κ2) is 8.13. The molecule has 1 N–H and O–H groups in total. The fraction of sp³-hybridized carbons (Fsp3) is 0.381. The van der Waals surface area contributed by atoms with E-state index in [4.69, 9.17) is 4.74 Å². The highest BCUT2D eigenvalue weighted by Gasteiger charge is 2.19. The number of ether oxygens (including phenoxy) is 1. The summed E-state index contributed by atoms with van der Waals surface area (Å²) in [4.78, 5) is 11.9. The third kappa shape index (κ3) is 4.50. The largest absolute Gasteiger partial charge is 0.465 e. The van der Waals surface area contributed by atoms with E-state index in [-0.39, 0.29) is 4.90 Å². The lowest BCUT2D eigenvalue weighted by Gasteiger charge is -2.22. The number of rotatable bonds is 5. The number of nitrogens with one attached hydrogen (secondary N) is 1. The molecule has 6 heteroatoms. The lowest BCUT2D eigenvalue weighted by molar-refractivity contribution is 0.0601. The Morgan fingerprint density at radius 1 is 1.04 bits per heavy atom. The number of benzene rings is 2. The maximum atomic E-state index is 12.8. The number of hydrogen-bond acceptors (Lipinski definition) is 4. The van der Waals surface area contributed by atoms with Crippen LogP contribution in [0.1, 0.15) is 59.5 Å². The zero-order valence-electron chi connectivity index (χ0n) is 15.7. The fourth-order valence-corrected chi connectivity index (χ4v) is 4.66. The van der Waals surface area contributed by atoms with Crippen molar-refractivity contribution in [1.29, 1.82) is 0 Å². The minimum absolute atomic E-state index is 0.213. The number of carbonyl (C=O) groups is 1. The Labute approximate surface area is 160 Å².